The van der Waals surface area contributed by atoms with Gasteiger partial charge in [0.15, 0.2) is 0 Å². The van der Waals surface area contributed by atoms with Crippen LogP contribution in [0.5, 0.6) is 0 Å². The Balaban J connectivity index is 1.79. The van der Waals surface area contributed by atoms with Crippen molar-refractivity contribution in [3.05, 3.63) is 77.6 Å². The zero-order valence-electron chi connectivity index (χ0n) is 12.4. The number of pyridine rings is 1. The van der Waals surface area contributed by atoms with Gasteiger partial charge in [-0.3, -0.25) is 9.20 Å². The third-order valence-electron chi connectivity index (χ3n) is 3.62. The molecule has 1 amide bonds. The number of nitrogens with zero attached hydrogens (tertiary/aromatic N) is 2. The Morgan fingerprint density at radius 1 is 1.08 bits per heavy atom. The summed E-state index contributed by atoms with van der Waals surface area (Å²) < 4.78 is 14.9. The van der Waals surface area contributed by atoms with Gasteiger partial charge in [0.25, 0.3) is 5.91 Å². The van der Waals surface area contributed by atoms with Crippen molar-refractivity contribution in [3.8, 4) is 10.6 Å². The highest BCUT2D eigenvalue weighted by Gasteiger charge is 2.17. The summed E-state index contributed by atoms with van der Waals surface area (Å²) in [6.45, 7) is 0. The van der Waals surface area contributed by atoms with Crippen molar-refractivity contribution < 1.29 is 9.18 Å². The number of halogens is 1. The molecular formula is C18H12FN3OS. The van der Waals surface area contributed by atoms with E-state index in [4.69, 9.17) is 0 Å². The summed E-state index contributed by atoms with van der Waals surface area (Å²) in [4.78, 5) is 18.1. The van der Waals surface area contributed by atoms with Crippen molar-refractivity contribution in [2.45, 2.75) is 0 Å². The molecule has 3 aromatic heterocycles. The molecule has 4 rings (SSSR count). The lowest BCUT2D eigenvalue weighted by Crippen LogP contribution is -2.14. The van der Waals surface area contributed by atoms with Gasteiger partial charge in [-0.2, -0.15) is 0 Å². The lowest BCUT2D eigenvalue weighted by atomic mass is 10.2. The zero-order valence-corrected chi connectivity index (χ0v) is 13.3. The molecule has 0 radical (unpaired) electrons. The summed E-state index contributed by atoms with van der Waals surface area (Å²) in [5, 5.41) is 4.87. The molecule has 4 aromatic rings. The van der Waals surface area contributed by atoms with Crippen LogP contribution in [-0.2, 0) is 0 Å². The second-order valence-corrected chi connectivity index (χ2v) is 6.12. The van der Waals surface area contributed by atoms with Crippen LogP contribution in [0.15, 0.2) is 66.2 Å². The topological polar surface area (TPSA) is 46.4 Å². The third kappa shape index (κ3) is 2.57. The van der Waals surface area contributed by atoms with Crippen LogP contribution in [0, 0.1) is 5.82 Å². The molecule has 1 aromatic carbocycles. The Bertz CT molecular complexity index is 1010. The van der Waals surface area contributed by atoms with Gasteiger partial charge in [-0.05, 0) is 47.8 Å². The first-order valence-electron chi connectivity index (χ1n) is 7.30. The lowest BCUT2D eigenvalue weighted by molar-refractivity contribution is 0.102. The van der Waals surface area contributed by atoms with Crippen molar-refractivity contribution >= 4 is 28.7 Å². The maximum Gasteiger partial charge on any atom is 0.256 e. The molecule has 0 aliphatic heterocycles. The number of carbonyl (C=O) groups excluding carboxylic acids is 1. The Labute approximate surface area is 141 Å². The summed E-state index contributed by atoms with van der Waals surface area (Å²) in [5.41, 5.74) is 1.85. The van der Waals surface area contributed by atoms with Gasteiger partial charge in [-0.25, -0.2) is 9.37 Å². The molecule has 6 heteroatoms. The van der Waals surface area contributed by atoms with Crippen LogP contribution in [0.3, 0.4) is 0 Å². The van der Waals surface area contributed by atoms with Crippen LogP contribution in [0.2, 0.25) is 0 Å². The van der Waals surface area contributed by atoms with E-state index in [1.165, 1.54) is 24.3 Å². The van der Waals surface area contributed by atoms with Crippen LogP contribution < -0.4 is 5.32 Å². The van der Waals surface area contributed by atoms with Gasteiger partial charge in [0.05, 0.1) is 4.88 Å². The van der Waals surface area contributed by atoms with E-state index >= 15 is 0 Å². The quantitative estimate of drug-likeness (QED) is 0.600. The predicted molar refractivity (Wildman–Crippen MR) is 92.9 cm³/mol. The van der Waals surface area contributed by atoms with Crippen molar-refractivity contribution in [2.75, 3.05) is 5.32 Å². The first-order valence-corrected chi connectivity index (χ1v) is 8.18. The van der Waals surface area contributed by atoms with Crippen molar-refractivity contribution in [3.63, 3.8) is 0 Å². The molecule has 4 nitrogen and oxygen atoms in total. The number of imidazole rings is 1. The van der Waals surface area contributed by atoms with Crippen molar-refractivity contribution in [1.82, 2.24) is 9.38 Å². The Hall–Kier alpha value is -2.99. The SMILES string of the molecule is O=C(Nc1c(-c2cccs2)nc2ccccn12)c1ccc(F)cc1. The predicted octanol–water partition coefficient (Wildman–Crippen LogP) is 4.45. The number of anilines is 1. The smallest absolute Gasteiger partial charge is 0.256 e. The van der Waals surface area contributed by atoms with E-state index in [1.54, 1.807) is 11.3 Å². The summed E-state index contributed by atoms with van der Waals surface area (Å²) >= 11 is 1.55. The fourth-order valence-electron chi connectivity index (χ4n) is 2.48. The second-order valence-electron chi connectivity index (χ2n) is 5.18. The molecule has 0 fully saturated rings. The van der Waals surface area contributed by atoms with Gasteiger partial charge in [0, 0.05) is 11.8 Å². The fourth-order valence-corrected chi connectivity index (χ4v) is 3.20. The molecule has 118 valence electrons. The van der Waals surface area contributed by atoms with Crippen LogP contribution >= 0.6 is 11.3 Å². The molecule has 0 spiro atoms. The number of hydrogen-bond acceptors (Lipinski definition) is 3. The number of nitrogens with one attached hydrogen (secondary N) is 1. The number of amides is 1. The fraction of sp³-hybridized carbons (Fsp3) is 0. The van der Waals surface area contributed by atoms with E-state index in [0.29, 0.717) is 17.1 Å². The van der Waals surface area contributed by atoms with Gasteiger partial charge < -0.3 is 5.32 Å². The highest BCUT2D eigenvalue weighted by atomic mass is 32.1. The molecule has 1 N–H and O–H groups in total. The maximum absolute atomic E-state index is 13.0. The molecular weight excluding hydrogens is 325 g/mol. The van der Waals surface area contributed by atoms with E-state index in [2.05, 4.69) is 10.3 Å². The van der Waals surface area contributed by atoms with Gasteiger partial charge >= 0.3 is 0 Å². The van der Waals surface area contributed by atoms with Crippen molar-refractivity contribution in [1.29, 1.82) is 0 Å². The van der Waals surface area contributed by atoms with Crippen LogP contribution in [0.25, 0.3) is 16.2 Å². The van der Waals surface area contributed by atoms with Crippen molar-refractivity contribution in [2.24, 2.45) is 0 Å². The molecule has 0 atom stereocenters. The first kappa shape index (κ1) is 14.6. The maximum atomic E-state index is 13.0. The zero-order chi connectivity index (χ0) is 16.5. The number of carbonyl (C=O) groups is 1. The lowest BCUT2D eigenvalue weighted by Gasteiger charge is -2.07. The van der Waals surface area contributed by atoms with E-state index < -0.39 is 0 Å². The number of hydrogen-bond donors (Lipinski definition) is 1. The van der Waals surface area contributed by atoms with Gasteiger partial charge in [0.2, 0.25) is 0 Å². The van der Waals surface area contributed by atoms with Crippen LogP contribution in [0.1, 0.15) is 10.4 Å². The molecule has 24 heavy (non-hydrogen) atoms. The third-order valence-corrected chi connectivity index (χ3v) is 4.50. The number of fused-ring (bicyclic) bond motifs is 1. The molecule has 0 bridgehead atoms. The Morgan fingerprint density at radius 2 is 1.92 bits per heavy atom. The minimum absolute atomic E-state index is 0.307. The minimum Gasteiger partial charge on any atom is -0.306 e. The van der Waals surface area contributed by atoms with Gasteiger partial charge in [-0.1, -0.05) is 12.1 Å². The van der Waals surface area contributed by atoms with E-state index in [0.717, 1.165) is 10.5 Å². The summed E-state index contributed by atoms with van der Waals surface area (Å²) in [5.74, 6) is -0.0820. The summed E-state index contributed by atoms with van der Waals surface area (Å²) in [6.07, 6.45) is 1.85. The van der Waals surface area contributed by atoms with Gasteiger partial charge in [0.1, 0.15) is 23.0 Å². The molecule has 0 aliphatic rings. The standard InChI is InChI=1S/C18H12FN3OS/c19-13-8-6-12(7-9-13)18(23)21-17-16(14-4-3-11-24-14)20-15-5-1-2-10-22(15)17/h1-11H,(H,21,23). The summed E-state index contributed by atoms with van der Waals surface area (Å²) in [6, 6.07) is 15.0. The highest BCUT2D eigenvalue weighted by molar-refractivity contribution is 7.13. The number of aromatic nitrogens is 2. The number of thiophene rings is 1. The number of rotatable bonds is 3. The van der Waals surface area contributed by atoms with E-state index in [-0.39, 0.29) is 11.7 Å². The Morgan fingerprint density at radius 3 is 2.67 bits per heavy atom. The molecule has 3 heterocycles. The van der Waals surface area contributed by atoms with E-state index in [9.17, 15) is 9.18 Å². The molecule has 0 saturated carbocycles. The molecule has 0 saturated heterocycles. The Kier molecular flexibility index (Phi) is 3.59. The largest absolute Gasteiger partial charge is 0.306 e. The average Bonchev–Trinajstić information content (AvgIpc) is 3.23. The summed E-state index contributed by atoms with van der Waals surface area (Å²) in [7, 11) is 0. The monoisotopic (exact) mass is 337 g/mol. The van der Waals surface area contributed by atoms with E-state index in [1.807, 2.05) is 46.3 Å². The minimum atomic E-state index is -0.374. The van der Waals surface area contributed by atoms with Gasteiger partial charge in [-0.15, -0.1) is 11.3 Å². The first-order chi connectivity index (χ1) is 11.7. The highest BCUT2D eigenvalue weighted by Crippen LogP contribution is 2.32. The average molecular weight is 337 g/mol. The van der Waals surface area contributed by atoms with Crippen LogP contribution in [0.4, 0.5) is 10.2 Å². The normalized spacial score (nSPS) is 10.9. The molecule has 0 unspecified atom stereocenters. The second kappa shape index (κ2) is 5.90. The number of benzene rings is 1. The van der Waals surface area contributed by atoms with Crippen LogP contribution in [-0.4, -0.2) is 15.3 Å². The molecule has 0 aliphatic carbocycles.